The summed E-state index contributed by atoms with van der Waals surface area (Å²) in [6, 6.07) is 2.34. The second-order valence-corrected chi connectivity index (χ2v) is 6.40. The van der Waals surface area contributed by atoms with Crippen LogP contribution in [0.2, 0.25) is 0 Å². The van der Waals surface area contributed by atoms with Gasteiger partial charge in [0.15, 0.2) is 11.5 Å². The molecule has 0 spiro atoms. The van der Waals surface area contributed by atoms with Crippen molar-refractivity contribution in [3.8, 4) is 5.75 Å². The number of nitrogens with one attached hydrogen (secondary N) is 2. The van der Waals surface area contributed by atoms with Crippen molar-refractivity contribution >= 4 is 23.1 Å². The number of nitrogen functional groups attached to an aromatic ring is 1. The van der Waals surface area contributed by atoms with Gasteiger partial charge in [0.2, 0.25) is 0 Å². The van der Waals surface area contributed by atoms with Crippen molar-refractivity contribution in [3.05, 3.63) is 42.0 Å². The Morgan fingerprint density at radius 1 is 1.38 bits per heavy atom. The Morgan fingerprint density at radius 2 is 2.21 bits per heavy atom. The molecular weight excluding hydrogens is 391 g/mol. The predicted octanol–water partition coefficient (Wildman–Crippen LogP) is 1.72. The molecule has 4 N–H and O–H groups in total. The first-order valence-corrected chi connectivity index (χ1v) is 8.67. The molecule has 3 aromatic rings. The number of nitrogens with zero attached hydrogens (tertiary/aromatic N) is 4. The van der Waals surface area contributed by atoms with Crippen LogP contribution in [0.3, 0.4) is 0 Å². The predicted molar refractivity (Wildman–Crippen MR) is 96.5 cm³/mol. The number of alkyl halides is 3. The van der Waals surface area contributed by atoms with Crippen LogP contribution in [0.4, 0.5) is 24.7 Å². The second-order valence-electron chi connectivity index (χ2n) is 6.40. The van der Waals surface area contributed by atoms with Crippen molar-refractivity contribution < 1.29 is 22.7 Å². The van der Waals surface area contributed by atoms with E-state index in [1.54, 1.807) is 6.07 Å². The van der Waals surface area contributed by atoms with E-state index < -0.39 is 17.8 Å². The van der Waals surface area contributed by atoms with Gasteiger partial charge in [-0.3, -0.25) is 9.78 Å². The van der Waals surface area contributed by atoms with E-state index in [-0.39, 0.29) is 28.8 Å². The molecule has 0 saturated carbocycles. The molecule has 9 nitrogen and oxygen atoms in total. The molecule has 29 heavy (non-hydrogen) atoms. The number of carbonyl (C=O) groups excluding carboxylic acids is 1. The van der Waals surface area contributed by atoms with E-state index in [0.717, 1.165) is 29.7 Å². The van der Waals surface area contributed by atoms with E-state index in [4.69, 9.17) is 10.5 Å². The van der Waals surface area contributed by atoms with Crippen LogP contribution in [0.1, 0.15) is 22.5 Å². The molecule has 1 aliphatic rings. The maximum atomic E-state index is 13.0. The molecule has 1 fully saturated rings. The van der Waals surface area contributed by atoms with Crippen molar-refractivity contribution in [2.24, 2.45) is 0 Å². The van der Waals surface area contributed by atoms with Crippen LogP contribution < -0.4 is 21.1 Å². The maximum absolute atomic E-state index is 13.0. The topological polar surface area (TPSA) is 119 Å². The minimum atomic E-state index is -4.67. The third kappa shape index (κ3) is 3.78. The number of nitrogens with two attached hydrogens (primary N) is 1. The number of hydrogen-bond donors (Lipinski definition) is 3. The van der Waals surface area contributed by atoms with Crippen molar-refractivity contribution in [2.45, 2.75) is 18.7 Å². The standard InChI is InChI=1S/C17H16F3N7O2/c18-17(19,20)12-3-6-27-15(25-12)13(14(21)26-27)16(28)24-10-8-23-5-2-11(10)29-9-1-4-22-7-9/h2-3,5-6,8-9,22H,1,4,7H2,(H2,21,26)(H,24,28)/t9-/m1/s1. The van der Waals surface area contributed by atoms with Crippen LogP contribution in [0.5, 0.6) is 5.75 Å². The number of anilines is 2. The van der Waals surface area contributed by atoms with Gasteiger partial charge in [-0.1, -0.05) is 0 Å². The molecule has 3 aromatic heterocycles. The molecule has 0 bridgehead atoms. The number of carbonyl (C=O) groups is 1. The number of aromatic nitrogens is 4. The number of amides is 1. The molecule has 4 heterocycles. The number of fused-ring (bicyclic) bond motifs is 1. The Hall–Kier alpha value is -3.41. The number of rotatable bonds is 4. The third-order valence-electron chi connectivity index (χ3n) is 4.37. The van der Waals surface area contributed by atoms with E-state index in [2.05, 4.69) is 25.7 Å². The first kappa shape index (κ1) is 18.9. The SMILES string of the molecule is Nc1nn2ccc(C(F)(F)F)nc2c1C(=O)Nc1cnccc1O[C@@H]1CCNC1. The lowest BCUT2D eigenvalue weighted by atomic mass is 10.2. The van der Waals surface area contributed by atoms with Crippen molar-refractivity contribution in [1.29, 1.82) is 0 Å². The number of ether oxygens (including phenoxy) is 1. The molecule has 0 radical (unpaired) electrons. The smallest absolute Gasteiger partial charge is 0.433 e. The highest BCUT2D eigenvalue weighted by molar-refractivity contribution is 6.12. The zero-order valence-corrected chi connectivity index (χ0v) is 14.9. The lowest BCUT2D eigenvalue weighted by molar-refractivity contribution is -0.141. The average Bonchev–Trinajstić information content (AvgIpc) is 3.28. The summed E-state index contributed by atoms with van der Waals surface area (Å²) in [6.07, 6.45) is 0.00501. The summed E-state index contributed by atoms with van der Waals surface area (Å²) in [5, 5.41) is 9.59. The van der Waals surface area contributed by atoms with Crippen molar-refractivity contribution in [1.82, 2.24) is 24.9 Å². The Balaban J connectivity index is 1.65. The molecule has 1 saturated heterocycles. The summed E-state index contributed by atoms with van der Waals surface area (Å²) in [5.74, 6) is -0.631. The summed E-state index contributed by atoms with van der Waals surface area (Å²) in [5.41, 5.74) is 4.30. The molecule has 152 valence electrons. The van der Waals surface area contributed by atoms with Crippen LogP contribution in [0, 0.1) is 0 Å². The third-order valence-corrected chi connectivity index (χ3v) is 4.37. The van der Waals surface area contributed by atoms with Crippen LogP contribution in [0.25, 0.3) is 5.65 Å². The first-order valence-electron chi connectivity index (χ1n) is 8.67. The molecule has 0 aromatic carbocycles. The van der Waals surface area contributed by atoms with E-state index in [0.29, 0.717) is 12.3 Å². The fourth-order valence-electron chi connectivity index (χ4n) is 2.99. The number of pyridine rings is 1. The lowest BCUT2D eigenvalue weighted by Gasteiger charge is -2.16. The van der Waals surface area contributed by atoms with E-state index in [9.17, 15) is 18.0 Å². The van der Waals surface area contributed by atoms with Gasteiger partial charge in [0.25, 0.3) is 5.91 Å². The van der Waals surface area contributed by atoms with Gasteiger partial charge in [-0.25, -0.2) is 9.50 Å². The normalized spacial score (nSPS) is 16.9. The fraction of sp³-hybridized carbons (Fsp3) is 0.294. The Labute approximate surface area is 162 Å². The highest BCUT2D eigenvalue weighted by Crippen LogP contribution is 2.30. The van der Waals surface area contributed by atoms with Crippen LogP contribution in [0.15, 0.2) is 30.7 Å². The van der Waals surface area contributed by atoms with E-state index in [1.807, 2.05) is 0 Å². The molecular formula is C17H16F3N7O2. The summed E-state index contributed by atoms with van der Waals surface area (Å²) in [6.45, 7) is 1.49. The van der Waals surface area contributed by atoms with Crippen LogP contribution >= 0.6 is 0 Å². The zero-order valence-electron chi connectivity index (χ0n) is 14.9. The molecule has 1 atom stereocenters. The minimum Gasteiger partial charge on any atom is -0.487 e. The first-order chi connectivity index (χ1) is 13.8. The van der Waals surface area contributed by atoms with Crippen LogP contribution in [-0.2, 0) is 6.18 Å². The highest BCUT2D eigenvalue weighted by atomic mass is 19.4. The van der Waals surface area contributed by atoms with Crippen LogP contribution in [-0.4, -0.2) is 44.7 Å². The van der Waals surface area contributed by atoms with Gasteiger partial charge in [-0.15, -0.1) is 5.10 Å². The molecule has 4 rings (SSSR count). The summed E-state index contributed by atoms with van der Waals surface area (Å²) in [4.78, 5) is 20.3. The minimum absolute atomic E-state index is 0.0638. The Kier molecular flexibility index (Phi) is 4.70. The van der Waals surface area contributed by atoms with Crippen molar-refractivity contribution in [3.63, 3.8) is 0 Å². The summed E-state index contributed by atoms with van der Waals surface area (Å²) < 4.78 is 45.9. The van der Waals surface area contributed by atoms with Gasteiger partial charge in [0.05, 0.1) is 6.20 Å². The van der Waals surface area contributed by atoms with Gasteiger partial charge in [0.1, 0.15) is 28.8 Å². The average molecular weight is 407 g/mol. The molecule has 0 unspecified atom stereocenters. The van der Waals surface area contributed by atoms with Crippen molar-refractivity contribution in [2.75, 3.05) is 24.1 Å². The fourth-order valence-corrected chi connectivity index (χ4v) is 2.99. The summed E-state index contributed by atoms with van der Waals surface area (Å²) in [7, 11) is 0. The highest BCUT2D eigenvalue weighted by Gasteiger charge is 2.34. The summed E-state index contributed by atoms with van der Waals surface area (Å²) >= 11 is 0. The number of hydrogen-bond acceptors (Lipinski definition) is 7. The molecule has 1 amide bonds. The van der Waals surface area contributed by atoms with Gasteiger partial charge < -0.3 is 21.1 Å². The monoisotopic (exact) mass is 407 g/mol. The van der Waals surface area contributed by atoms with E-state index in [1.165, 1.54) is 12.4 Å². The lowest BCUT2D eigenvalue weighted by Crippen LogP contribution is -2.21. The largest absolute Gasteiger partial charge is 0.487 e. The quantitative estimate of drug-likeness (QED) is 0.602. The van der Waals surface area contributed by atoms with E-state index >= 15 is 0 Å². The molecule has 12 heteroatoms. The zero-order chi connectivity index (χ0) is 20.6. The second kappa shape index (κ2) is 7.20. The Bertz CT molecular complexity index is 1060. The molecule has 0 aliphatic carbocycles. The maximum Gasteiger partial charge on any atom is 0.433 e. The number of halogens is 3. The van der Waals surface area contributed by atoms with Gasteiger partial charge >= 0.3 is 6.18 Å². The molecule has 1 aliphatic heterocycles. The Morgan fingerprint density at radius 3 is 2.93 bits per heavy atom. The van der Waals surface area contributed by atoms with Gasteiger partial charge in [-0.2, -0.15) is 13.2 Å². The van der Waals surface area contributed by atoms with Gasteiger partial charge in [-0.05, 0) is 19.0 Å². The van der Waals surface area contributed by atoms with Gasteiger partial charge in [0, 0.05) is 25.0 Å².